The predicted molar refractivity (Wildman–Crippen MR) is 221 cm³/mol. The molecule has 1 amide bonds. The standard InChI is InChI=1S/C46H55NO15S/c1-23-28(59-41(54)34(50)33(29-16-11-19-63-29)47-42(55)58-27-14-9-10-15-27)21-46(56)38(61-40(53)25-12-7-6-8-13-25)36-44(5,30(49)20-31-45(36,22-57-31)62-24(2)48)37(51)35(32(23)43(46,3)4)60-39(52)26-17-18-26/h6-8,11-13,16,19,26-28,30-31,33-36,38,49-50,56H,9-10,14-15,17-18,20-22H2,1-5H3,(H,47,55)/t28-,30-,31+,33-,34+,35+,36?,38-,44+,45-,46+/m0/s1. The molecule has 4 N–H and O–H groups in total. The van der Waals surface area contributed by atoms with E-state index < -0.39 is 119 Å². The number of nitrogens with one attached hydrogen (secondary N) is 1. The van der Waals surface area contributed by atoms with Gasteiger partial charge < -0.3 is 49.1 Å². The quantitative estimate of drug-likeness (QED) is 0.139. The van der Waals surface area contributed by atoms with Crippen molar-refractivity contribution in [3.63, 3.8) is 0 Å². The zero-order valence-corrected chi connectivity index (χ0v) is 36.7. The number of amides is 1. The van der Waals surface area contributed by atoms with Gasteiger partial charge in [-0.25, -0.2) is 14.4 Å². The van der Waals surface area contributed by atoms with E-state index in [9.17, 15) is 39.3 Å². The van der Waals surface area contributed by atoms with Crippen molar-refractivity contribution in [1.82, 2.24) is 5.32 Å². The molecule has 1 aromatic carbocycles. The van der Waals surface area contributed by atoms with Crippen molar-refractivity contribution >= 4 is 47.1 Å². The van der Waals surface area contributed by atoms with Gasteiger partial charge in [0.05, 0.1) is 35.5 Å². The number of thiophene rings is 1. The molecule has 1 unspecified atom stereocenters. The van der Waals surface area contributed by atoms with Crippen molar-refractivity contribution in [2.45, 2.75) is 146 Å². The monoisotopic (exact) mass is 893 g/mol. The highest BCUT2D eigenvalue weighted by molar-refractivity contribution is 7.10. The lowest BCUT2D eigenvalue weighted by molar-refractivity contribution is -0.346. The fourth-order valence-corrected chi connectivity index (χ4v) is 11.6. The third-order valence-electron chi connectivity index (χ3n) is 14.6. The molecular formula is C46H55NO15S. The summed E-state index contributed by atoms with van der Waals surface area (Å²) in [5, 5.41) is 42.0. The van der Waals surface area contributed by atoms with Gasteiger partial charge in [0, 0.05) is 30.1 Å². The maximum atomic E-state index is 15.7. The number of esters is 4. The van der Waals surface area contributed by atoms with Crippen LogP contribution in [-0.4, -0.2) is 112 Å². The molecule has 340 valence electrons. The number of carbonyl (C=O) groups is 6. The van der Waals surface area contributed by atoms with Crippen molar-refractivity contribution in [3.05, 3.63) is 69.4 Å². The van der Waals surface area contributed by atoms with Gasteiger partial charge in [-0.1, -0.05) is 38.1 Å². The molecule has 0 spiro atoms. The molecule has 2 bridgehead atoms. The van der Waals surface area contributed by atoms with E-state index in [1.807, 2.05) is 0 Å². The first-order valence-electron chi connectivity index (χ1n) is 21.7. The minimum atomic E-state index is -2.38. The Morgan fingerprint density at radius 3 is 2.24 bits per heavy atom. The highest BCUT2D eigenvalue weighted by atomic mass is 32.1. The molecule has 17 heteroatoms. The molecular weight excluding hydrogens is 839 g/mol. The molecule has 16 nitrogen and oxygen atoms in total. The molecule has 6 aliphatic rings. The third-order valence-corrected chi connectivity index (χ3v) is 15.5. The second-order valence-electron chi connectivity index (χ2n) is 18.7. The molecule has 5 fully saturated rings. The Morgan fingerprint density at radius 2 is 1.63 bits per heavy atom. The average molecular weight is 894 g/mol. The maximum Gasteiger partial charge on any atom is 0.408 e. The summed E-state index contributed by atoms with van der Waals surface area (Å²) in [4.78, 5) is 84.6. The number of Topliss-reactive ketones (excluding diaryl/α,β-unsaturated/α-hetero) is 1. The number of aliphatic hydroxyl groups is 3. The van der Waals surface area contributed by atoms with Crippen molar-refractivity contribution in [3.8, 4) is 0 Å². The van der Waals surface area contributed by atoms with Gasteiger partial charge in [-0.05, 0) is 87.1 Å². The molecule has 0 radical (unpaired) electrons. The first kappa shape index (κ1) is 44.9. The van der Waals surface area contributed by atoms with Crippen molar-refractivity contribution in [2.24, 2.45) is 22.7 Å². The minimum Gasteiger partial charge on any atom is -0.456 e. The maximum absolute atomic E-state index is 15.7. The Hall–Kier alpha value is -4.68. The van der Waals surface area contributed by atoms with Crippen LogP contribution in [0.5, 0.6) is 0 Å². The van der Waals surface area contributed by atoms with E-state index in [-0.39, 0.29) is 35.8 Å². The fourth-order valence-electron chi connectivity index (χ4n) is 10.8. The number of hydrogen-bond acceptors (Lipinski definition) is 16. The Kier molecular flexibility index (Phi) is 11.9. The molecule has 1 aromatic heterocycles. The van der Waals surface area contributed by atoms with Crippen LogP contribution in [0.25, 0.3) is 0 Å². The average Bonchev–Trinajstić information content (AvgIpc) is 3.70. The predicted octanol–water partition coefficient (Wildman–Crippen LogP) is 4.43. The second kappa shape index (κ2) is 16.7. The van der Waals surface area contributed by atoms with Crippen molar-refractivity contribution < 1.29 is 72.5 Å². The van der Waals surface area contributed by atoms with Gasteiger partial charge in [-0.2, -0.15) is 0 Å². The lowest BCUT2D eigenvalue weighted by Crippen LogP contribution is -2.82. The van der Waals surface area contributed by atoms with Gasteiger partial charge in [0.15, 0.2) is 23.6 Å². The van der Waals surface area contributed by atoms with E-state index in [0.717, 1.165) is 12.8 Å². The zero-order valence-electron chi connectivity index (χ0n) is 35.9. The van der Waals surface area contributed by atoms with E-state index in [4.69, 9.17) is 28.4 Å². The Balaban J connectivity index is 1.26. The van der Waals surface area contributed by atoms with Gasteiger partial charge in [-0.3, -0.25) is 14.4 Å². The number of hydrogen-bond donors (Lipinski definition) is 4. The van der Waals surface area contributed by atoms with Gasteiger partial charge >= 0.3 is 30.0 Å². The van der Waals surface area contributed by atoms with Crippen LogP contribution in [-0.2, 0) is 47.6 Å². The van der Waals surface area contributed by atoms with Gasteiger partial charge in [-0.15, -0.1) is 11.3 Å². The van der Waals surface area contributed by atoms with Gasteiger partial charge in [0.1, 0.15) is 36.1 Å². The van der Waals surface area contributed by atoms with E-state index in [1.54, 1.807) is 56.5 Å². The Morgan fingerprint density at radius 1 is 0.937 bits per heavy atom. The number of ether oxygens (including phenoxy) is 6. The molecule has 5 aliphatic carbocycles. The van der Waals surface area contributed by atoms with E-state index in [0.29, 0.717) is 30.6 Å². The second-order valence-corrected chi connectivity index (χ2v) is 19.7. The number of benzene rings is 1. The SMILES string of the molecule is CC(=O)O[C@@]12CO[C@@H]1C[C@H](O)[C@@]1(C)C(=O)[C@H](OC(=O)C3CC3)C3=C(C)[C@@H](OC(=O)[C@H](O)[C@@H](NC(=O)OC4CCCC4)c4cccs4)C[C@@](O)([C@@H](OC(=O)c4ccccc4)C12)C3(C)C. The van der Waals surface area contributed by atoms with Crippen molar-refractivity contribution in [1.29, 1.82) is 0 Å². The van der Waals surface area contributed by atoms with E-state index >= 15 is 4.79 Å². The van der Waals surface area contributed by atoms with Gasteiger partial charge in [0.25, 0.3) is 0 Å². The normalized spacial score (nSPS) is 34.4. The summed E-state index contributed by atoms with van der Waals surface area (Å²) >= 11 is 1.17. The van der Waals surface area contributed by atoms with E-state index in [2.05, 4.69) is 5.32 Å². The molecule has 63 heavy (non-hydrogen) atoms. The molecule has 11 atom stereocenters. The summed E-state index contributed by atoms with van der Waals surface area (Å²) in [6.07, 6.45) is -7.29. The smallest absolute Gasteiger partial charge is 0.408 e. The summed E-state index contributed by atoms with van der Waals surface area (Å²) in [7, 11) is 0. The lowest BCUT2D eigenvalue weighted by Gasteiger charge is -2.67. The summed E-state index contributed by atoms with van der Waals surface area (Å²) in [5.74, 6) is -6.44. The lowest BCUT2D eigenvalue weighted by atomic mass is 9.44. The van der Waals surface area contributed by atoms with Crippen LogP contribution >= 0.6 is 11.3 Å². The minimum absolute atomic E-state index is 0.0387. The van der Waals surface area contributed by atoms with E-state index in [1.165, 1.54) is 37.3 Å². The van der Waals surface area contributed by atoms with Crippen molar-refractivity contribution in [2.75, 3.05) is 6.61 Å². The molecule has 8 rings (SSSR count). The number of fused-ring (bicyclic) bond motifs is 5. The van der Waals surface area contributed by atoms with Crippen LogP contribution < -0.4 is 5.32 Å². The summed E-state index contributed by atoms with van der Waals surface area (Å²) < 4.78 is 36.3. The number of ketones is 1. The first-order chi connectivity index (χ1) is 29.8. The topological polar surface area (TPSA) is 231 Å². The van der Waals surface area contributed by atoms with Gasteiger partial charge in [0.2, 0.25) is 0 Å². The molecule has 4 saturated carbocycles. The summed E-state index contributed by atoms with van der Waals surface area (Å²) in [6, 6.07) is 9.90. The largest absolute Gasteiger partial charge is 0.456 e. The number of rotatable bonds is 11. The number of aliphatic hydroxyl groups excluding tert-OH is 2. The molecule has 2 heterocycles. The summed E-state index contributed by atoms with van der Waals surface area (Å²) in [5.41, 5.74) is -7.50. The van der Waals surface area contributed by atoms with Crippen LogP contribution in [0.2, 0.25) is 0 Å². The zero-order chi connectivity index (χ0) is 45.2. The highest BCUT2D eigenvalue weighted by Crippen LogP contribution is 2.64. The van der Waals surface area contributed by atoms with Crippen LogP contribution in [0.1, 0.15) is 107 Å². The summed E-state index contributed by atoms with van der Waals surface area (Å²) in [6.45, 7) is 7.04. The Bertz CT molecular complexity index is 2160. The van der Waals surface area contributed by atoms with Crippen LogP contribution in [0.4, 0.5) is 4.79 Å². The van der Waals surface area contributed by atoms with Crippen LogP contribution in [0.3, 0.4) is 0 Å². The highest BCUT2D eigenvalue weighted by Gasteiger charge is 2.78. The van der Waals surface area contributed by atoms with Crippen LogP contribution in [0, 0.1) is 22.7 Å². The molecule has 2 aromatic rings. The fraction of sp³-hybridized carbons (Fsp3) is 0.609. The Labute approximate surface area is 368 Å². The number of carbonyl (C=O) groups excluding carboxylic acids is 6. The molecule has 1 saturated heterocycles. The third kappa shape index (κ3) is 7.66. The number of alkyl carbamates (subject to hydrolysis) is 1. The molecule has 1 aliphatic heterocycles. The van der Waals surface area contributed by atoms with Crippen LogP contribution in [0.15, 0.2) is 59.0 Å². The first-order valence-corrected chi connectivity index (χ1v) is 22.5.